The summed E-state index contributed by atoms with van der Waals surface area (Å²) in [6.45, 7) is 6.19. The van der Waals surface area contributed by atoms with Gasteiger partial charge in [-0.25, -0.2) is 13.1 Å². The molecule has 0 radical (unpaired) electrons. The van der Waals surface area contributed by atoms with Crippen molar-refractivity contribution in [1.82, 2.24) is 10.0 Å². The lowest BCUT2D eigenvalue weighted by molar-refractivity contribution is -0.141. The fourth-order valence-electron chi connectivity index (χ4n) is 5.49. The summed E-state index contributed by atoms with van der Waals surface area (Å²) in [4.78, 5) is 12.5. The molecule has 3 N–H and O–H groups in total. The molecule has 6 nitrogen and oxygen atoms in total. The van der Waals surface area contributed by atoms with Gasteiger partial charge in [-0.1, -0.05) is 20.8 Å². The number of amides is 1. The van der Waals surface area contributed by atoms with Crippen molar-refractivity contribution < 1.29 is 18.3 Å². The Morgan fingerprint density at radius 3 is 2.38 bits per heavy atom. The van der Waals surface area contributed by atoms with Crippen LogP contribution >= 0.6 is 0 Å². The fourth-order valence-corrected chi connectivity index (χ4v) is 6.37. The molecule has 7 heteroatoms. The molecule has 3 rings (SSSR count). The van der Waals surface area contributed by atoms with Crippen LogP contribution in [0.1, 0.15) is 59.3 Å². The van der Waals surface area contributed by atoms with Gasteiger partial charge in [0.25, 0.3) is 0 Å². The molecule has 0 aromatic carbocycles. The lowest BCUT2D eigenvalue weighted by Gasteiger charge is -2.56. The Bertz CT molecular complexity index is 648. The van der Waals surface area contributed by atoms with E-state index in [2.05, 4.69) is 17.0 Å². The molecule has 0 saturated heterocycles. The van der Waals surface area contributed by atoms with Gasteiger partial charge in [-0.05, 0) is 61.7 Å². The molecule has 1 unspecified atom stereocenters. The van der Waals surface area contributed by atoms with E-state index in [1.54, 1.807) is 0 Å². The van der Waals surface area contributed by atoms with Crippen molar-refractivity contribution >= 4 is 15.9 Å². The molecule has 3 saturated carbocycles. The molecule has 7 atom stereocenters. The second-order valence-corrected chi connectivity index (χ2v) is 11.1. The van der Waals surface area contributed by atoms with Crippen molar-refractivity contribution in [3.63, 3.8) is 0 Å². The molecular weight excluding hydrogens is 352 g/mol. The minimum atomic E-state index is -3.28. The highest BCUT2D eigenvalue weighted by Crippen LogP contribution is 2.55. The molecule has 0 bridgehead atoms. The second kappa shape index (κ2) is 7.06. The van der Waals surface area contributed by atoms with Gasteiger partial charge in [0.15, 0.2) is 0 Å². The smallest absolute Gasteiger partial charge is 0.223 e. The van der Waals surface area contributed by atoms with Crippen molar-refractivity contribution in [3.8, 4) is 0 Å². The van der Waals surface area contributed by atoms with E-state index in [4.69, 9.17) is 0 Å². The minimum absolute atomic E-state index is 0.00502. The molecular formula is C19H34N2O4S. The first-order valence-corrected chi connectivity index (χ1v) is 11.9. The largest absolute Gasteiger partial charge is 0.392 e. The molecule has 0 spiro atoms. The van der Waals surface area contributed by atoms with Crippen LogP contribution in [0.2, 0.25) is 0 Å². The van der Waals surface area contributed by atoms with Crippen molar-refractivity contribution in [2.24, 2.45) is 29.1 Å². The summed E-state index contributed by atoms with van der Waals surface area (Å²) < 4.78 is 26.2. The highest BCUT2D eigenvalue weighted by molar-refractivity contribution is 7.88. The normalized spacial score (nSPS) is 42.0. The van der Waals surface area contributed by atoms with Crippen molar-refractivity contribution in [2.75, 3.05) is 6.26 Å². The van der Waals surface area contributed by atoms with Gasteiger partial charge in [-0.3, -0.25) is 4.79 Å². The van der Waals surface area contributed by atoms with Gasteiger partial charge in [0.2, 0.25) is 15.9 Å². The van der Waals surface area contributed by atoms with Crippen molar-refractivity contribution in [3.05, 3.63) is 0 Å². The number of hydrogen-bond acceptors (Lipinski definition) is 4. The van der Waals surface area contributed by atoms with Crippen LogP contribution in [0.3, 0.4) is 0 Å². The van der Waals surface area contributed by atoms with Crippen LogP contribution in [-0.4, -0.2) is 43.9 Å². The first-order chi connectivity index (χ1) is 12.0. The van der Waals surface area contributed by atoms with Crippen LogP contribution in [0.15, 0.2) is 0 Å². The third-order valence-corrected chi connectivity index (χ3v) is 7.96. The first kappa shape index (κ1) is 20.1. The summed E-state index contributed by atoms with van der Waals surface area (Å²) in [7, 11) is -3.28. The van der Waals surface area contributed by atoms with Crippen LogP contribution in [0.5, 0.6) is 0 Å². The number of carbonyl (C=O) groups is 1. The highest BCUT2D eigenvalue weighted by Gasteiger charge is 2.54. The standard InChI is InChI=1S/C19H34N2O4S/c1-11(18(23)20-13-5-6-13)14-7-9-19(3)10-8-15(21-26(4,24)25)12(2)16(19)17(14)22/h11-17,21-22H,5-10H2,1-4H3,(H,20,23)/t11-,12+,14?,15-,16+,17-,19-/m0/s1. The SMILES string of the molecule is C[C@H]1[C@@H]2[C@@H](O)C([C@H](C)C(=O)NC3CC3)CC[C@@]2(C)CC[C@@H]1NS(C)(=O)=O. The Morgan fingerprint density at radius 1 is 1.19 bits per heavy atom. The van der Waals surface area contributed by atoms with Crippen LogP contribution in [0.25, 0.3) is 0 Å². The van der Waals surface area contributed by atoms with Gasteiger partial charge >= 0.3 is 0 Å². The number of rotatable bonds is 5. The number of nitrogens with one attached hydrogen (secondary N) is 2. The van der Waals surface area contributed by atoms with E-state index in [1.807, 2.05) is 13.8 Å². The third-order valence-electron chi connectivity index (χ3n) is 7.23. The number of sulfonamides is 1. The predicted octanol–water partition coefficient (Wildman–Crippen LogP) is 1.64. The molecule has 0 aromatic heterocycles. The summed E-state index contributed by atoms with van der Waals surface area (Å²) in [5.41, 5.74) is 0.0116. The van der Waals surface area contributed by atoms with Gasteiger partial charge in [-0.15, -0.1) is 0 Å². The van der Waals surface area contributed by atoms with E-state index in [-0.39, 0.29) is 41.0 Å². The lowest BCUT2D eigenvalue weighted by Crippen LogP contribution is -2.58. The molecule has 150 valence electrons. The molecule has 0 aliphatic heterocycles. The third kappa shape index (κ3) is 4.09. The summed E-state index contributed by atoms with van der Waals surface area (Å²) in [5.74, 6) is -0.184. The van der Waals surface area contributed by atoms with Gasteiger partial charge in [-0.2, -0.15) is 0 Å². The molecule has 0 aromatic rings. The number of hydrogen-bond donors (Lipinski definition) is 3. The average molecular weight is 387 g/mol. The maximum Gasteiger partial charge on any atom is 0.223 e. The zero-order valence-electron chi connectivity index (χ0n) is 16.4. The molecule has 26 heavy (non-hydrogen) atoms. The van der Waals surface area contributed by atoms with E-state index in [0.717, 1.165) is 38.5 Å². The molecule has 1 amide bonds. The second-order valence-electron chi connectivity index (χ2n) is 9.34. The predicted molar refractivity (Wildman–Crippen MR) is 101 cm³/mol. The highest BCUT2D eigenvalue weighted by atomic mass is 32.2. The van der Waals surface area contributed by atoms with Gasteiger partial charge < -0.3 is 10.4 Å². The molecule has 3 aliphatic carbocycles. The number of fused-ring (bicyclic) bond motifs is 1. The Hall–Kier alpha value is -0.660. The zero-order valence-corrected chi connectivity index (χ0v) is 17.2. The van der Waals surface area contributed by atoms with E-state index in [1.165, 1.54) is 6.26 Å². The number of aliphatic hydroxyl groups excluding tert-OH is 1. The summed E-state index contributed by atoms with van der Waals surface area (Å²) >= 11 is 0. The van der Waals surface area contributed by atoms with Gasteiger partial charge in [0.05, 0.1) is 12.4 Å². The maximum atomic E-state index is 12.5. The average Bonchev–Trinajstić information content (AvgIpc) is 3.33. The van der Waals surface area contributed by atoms with Crippen LogP contribution in [0.4, 0.5) is 0 Å². The van der Waals surface area contributed by atoms with E-state index in [9.17, 15) is 18.3 Å². The fraction of sp³-hybridized carbons (Fsp3) is 0.947. The Labute approximate surface area is 157 Å². The number of aliphatic hydroxyl groups is 1. The quantitative estimate of drug-likeness (QED) is 0.669. The van der Waals surface area contributed by atoms with Gasteiger partial charge in [0, 0.05) is 18.0 Å². The molecule has 0 heterocycles. The van der Waals surface area contributed by atoms with E-state index >= 15 is 0 Å². The van der Waals surface area contributed by atoms with Crippen LogP contribution in [0, 0.1) is 29.1 Å². The van der Waals surface area contributed by atoms with Crippen molar-refractivity contribution in [1.29, 1.82) is 0 Å². The topological polar surface area (TPSA) is 95.5 Å². The van der Waals surface area contributed by atoms with Crippen LogP contribution < -0.4 is 10.0 Å². The lowest BCUT2D eigenvalue weighted by atomic mass is 9.52. The maximum absolute atomic E-state index is 12.5. The summed E-state index contributed by atoms with van der Waals surface area (Å²) in [6, 6.07) is 0.181. The Kier molecular flexibility index (Phi) is 5.45. The number of carbonyl (C=O) groups excluding carboxylic acids is 1. The first-order valence-electron chi connectivity index (χ1n) is 9.97. The summed E-state index contributed by atoms with van der Waals surface area (Å²) in [5, 5.41) is 14.3. The molecule has 3 fully saturated rings. The van der Waals surface area contributed by atoms with E-state index < -0.39 is 16.1 Å². The monoisotopic (exact) mass is 386 g/mol. The molecule has 3 aliphatic rings. The Morgan fingerprint density at radius 2 is 1.81 bits per heavy atom. The van der Waals surface area contributed by atoms with Gasteiger partial charge in [0.1, 0.15) is 0 Å². The van der Waals surface area contributed by atoms with E-state index in [0.29, 0.717) is 6.04 Å². The Balaban J connectivity index is 1.75. The zero-order chi connectivity index (χ0) is 19.3. The summed E-state index contributed by atoms with van der Waals surface area (Å²) in [6.07, 6.45) is 6.27. The van der Waals surface area contributed by atoms with Crippen molar-refractivity contribution in [2.45, 2.75) is 77.5 Å². The minimum Gasteiger partial charge on any atom is -0.392 e. The van der Waals surface area contributed by atoms with Crippen LogP contribution in [-0.2, 0) is 14.8 Å².